The fourth-order valence-corrected chi connectivity index (χ4v) is 3.78. The monoisotopic (exact) mass is 410 g/mol. The lowest BCUT2D eigenvalue weighted by atomic mass is 10.3. The normalized spacial score (nSPS) is 11.4. The molecule has 0 atom stereocenters. The van der Waals surface area contributed by atoms with Crippen molar-refractivity contribution in [2.24, 2.45) is 0 Å². The molecule has 0 aliphatic heterocycles. The fourth-order valence-electron chi connectivity index (χ4n) is 2.14. The summed E-state index contributed by atoms with van der Waals surface area (Å²) in [4.78, 5) is 21.2. The van der Waals surface area contributed by atoms with E-state index in [1.807, 2.05) is 0 Å². The van der Waals surface area contributed by atoms with Gasteiger partial charge >= 0.3 is 6.18 Å². The molecule has 140 valence electrons. The summed E-state index contributed by atoms with van der Waals surface area (Å²) in [5, 5.41) is 3.15. The zero-order valence-corrected chi connectivity index (χ0v) is 15.3. The van der Waals surface area contributed by atoms with E-state index in [4.69, 9.17) is 5.73 Å². The summed E-state index contributed by atoms with van der Waals surface area (Å²) in [6.45, 7) is 0. The topological polar surface area (TPSA) is 80.9 Å². The highest BCUT2D eigenvalue weighted by Crippen LogP contribution is 2.34. The molecule has 0 bridgehead atoms. The third kappa shape index (κ3) is 4.98. The number of rotatable bonds is 5. The van der Waals surface area contributed by atoms with Crippen molar-refractivity contribution in [2.75, 3.05) is 16.8 Å². The largest absolute Gasteiger partial charge is 0.398 e. The second-order valence-electron chi connectivity index (χ2n) is 5.33. The molecule has 5 nitrogen and oxygen atoms in total. The molecule has 0 fully saturated rings. The number of thioether (sulfide) groups is 1. The number of nitrogens with two attached hydrogens (primary N) is 1. The van der Waals surface area contributed by atoms with Crippen LogP contribution in [0.15, 0.2) is 53.7 Å². The summed E-state index contributed by atoms with van der Waals surface area (Å²) in [5.74, 6) is -1.52. The Hall–Kier alpha value is -2.59. The number of anilines is 2. The Morgan fingerprint density at radius 2 is 2.00 bits per heavy atom. The molecule has 10 heteroatoms. The third-order valence-electron chi connectivity index (χ3n) is 3.29. The van der Waals surface area contributed by atoms with Crippen LogP contribution in [-0.2, 0) is 0 Å². The number of aromatic nitrogens is 2. The van der Waals surface area contributed by atoms with Crippen molar-refractivity contribution in [1.29, 1.82) is 0 Å². The number of alkyl halides is 3. The summed E-state index contributed by atoms with van der Waals surface area (Å²) in [7, 11) is 0. The van der Waals surface area contributed by atoms with Gasteiger partial charge in [-0.05, 0) is 24.3 Å². The van der Waals surface area contributed by atoms with Crippen molar-refractivity contribution in [3.63, 3.8) is 0 Å². The van der Waals surface area contributed by atoms with E-state index in [2.05, 4.69) is 15.3 Å². The molecule has 3 aromatic rings. The maximum absolute atomic E-state index is 12.6. The van der Waals surface area contributed by atoms with Gasteiger partial charge < -0.3 is 11.1 Å². The first kappa shape index (κ1) is 19.2. The van der Waals surface area contributed by atoms with Crippen LogP contribution in [-0.4, -0.2) is 27.8 Å². The first-order valence-corrected chi connectivity index (χ1v) is 9.40. The van der Waals surface area contributed by atoms with Gasteiger partial charge in [-0.2, -0.15) is 13.2 Å². The number of nitrogens with one attached hydrogen (secondary N) is 1. The first-order chi connectivity index (χ1) is 12.8. The molecule has 3 N–H and O–H groups in total. The van der Waals surface area contributed by atoms with Gasteiger partial charge in [0.25, 0.3) is 5.91 Å². The third-order valence-corrected chi connectivity index (χ3v) is 5.55. The SMILES string of the molecule is Nc1nc(-c2cccnc2)sc1C(=O)Nc1ccccc1SCC(F)(F)F. The number of para-hydroxylation sites is 1. The molecule has 0 saturated carbocycles. The van der Waals surface area contributed by atoms with Crippen molar-refractivity contribution in [3.8, 4) is 10.6 Å². The molecule has 0 radical (unpaired) electrons. The van der Waals surface area contributed by atoms with Crippen molar-refractivity contribution < 1.29 is 18.0 Å². The molecule has 0 saturated heterocycles. The predicted molar refractivity (Wildman–Crippen MR) is 101 cm³/mol. The molecular weight excluding hydrogens is 397 g/mol. The Morgan fingerprint density at radius 3 is 2.70 bits per heavy atom. The Balaban J connectivity index is 1.80. The van der Waals surface area contributed by atoms with Crippen LogP contribution in [0.2, 0.25) is 0 Å². The van der Waals surface area contributed by atoms with Gasteiger partial charge in [-0.25, -0.2) is 4.98 Å². The van der Waals surface area contributed by atoms with Crippen molar-refractivity contribution in [1.82, 2.24) is 9.97 Å². The van der Waals surface area contributed by atoms with Crippen molar-refractivity contribution >= 4 is 40.5 Å². The van der Waals surface area contributed by atoms with Gasteiger partial charge in [0.1, 0.15) is 15.7 Å². The molecule has 0 spiro atoms. The van der Waals surface area contributed by atoms with Gasteiger partial charge in [0, 0.05) is 22.9 Å². The molecule has 0 unspecified atom stereocenters. The summed E-state index contributed by atoms with van der Waals surface area (Å²) >= 11 is 1.69. The molecule has 1 amide bonds. The Morgan fingerprint density at radius 1 is 1.22 bits per heavy atom. The number of nitrogens with zero attached hydrogens (tertiary/aromatic N) is 2. The van der Waals surface area contributed by atoms with Gasteiger partial charge in [-0.3, -0.25) is 9.78 Å². The van der Waals surface area contributed by atoms with E-state index in [-0.39, 0.29) is 16.4 Å². The minimum Gasteiger partial charge on any atom is -0.382 e. The standard InChI is InChI=1S/C17H13F3N4OS2/c18-17(19,20)9-26-12-6-2-1-5-11(12)23-15(25)13-14(21)24-16(27-13)10-4-3-7-22-8-10/h1-8H,9,21H2,(H,23,25). The van der Waals surface area contributed by atoms with E-state index < -0.39 is 17.8 Å². The molecule has 27 heavy (non-hydrogen) atoms. The van der Waals surface area contributed by atoms with Crippen molar-refractivity contribution in [2.45, 2.75) is 11.1 Å². The van der Waals surface area contributed by atoms with Crippen LogP contribution in [0.3, 0.4) is 0 Å². The van der Waals surface area contributed by atoms with E-state index >= 15 is 0 Å². The zero-order valence-electron chi connectivity index (χ0n) is 13.7. The lowest BCUT2D eigenvalue weighted by Gasteiger charge is -2.11. The average molecular weight is 410 g/mol. The number of halogens is 3. The minimum absolute atomic E-state index is 0.0526. The number of carbonyl (C=O) groups excluding carboxylic acids is 1. The minimum atomic E-state index is -4.30. The number of amides is 1. The number of thiazole rings is 1. The van der Waals surface area contributed by atoms with Crippen LogP contribution in [0.1, 0.15) is 9.67 Å². The number of carbonyl (C=O) groups is 1. The number of hydrogen-bond donors (Lipinski definition) is 2. The highest BCUT2D eigenvalue weighted by Gasteiger charge is 2.28. The fraction of sp³-hybridized carbons (Fsp3) is 0.118. The van der Waals surface area contributed by atoms with Crippen LogP contribution in [0.4, 0.5) is 24.7 Å². The van der Waals surface area contributed by atoms with Gasteiger partial charge in [-0.15, -0.1) is 23.1 Å². The van der Waals surface area contributed by atoms with E-state index in [9.17, 15) is 18.0 Å². The summed E-state index contributed by atoms with van der Waals surface area (Å²) < 4.78 is 37.4. The second-order valence-corrected chi connectivity index (χ2v) is 7.35. The highest BCUT2D eigenvalue weighted by molar-refractivity contribution is 7.99. The van der Waals surface area contributed by atoms with E-state index in [1.165, 1.54) is 12.1 Å². The Kier molecular flexibility index (Phi) is 5.66. The first-order valence-electron chi connectivity index (χ1n) is 7.60. The molecule has 2 aromatic heterocycles. The van der Waals surface area contributed by atoms with E-state index in [1.54, 1.807) is 36.7 Å². The number of nitrogen functional groups attached to an aromatic ring is 1. The van der Waals surface area contributed by atoms with E-state index in [0.29, 0.717) is 21.7 Å². The number of hydrogen-bond acceptors (Lipinski definition) is 6. The lowest BCUT2D eigenvalue weighted by Crippen LogP contribution is -2.14. The number of pyridine rings is 1. The molecule has 0 aliphatic rings. The second kappa shape index (κ2) is 7.97. The van der Waals surface area contributed by atoms with E-state index in [0.717, 1.165) is 16.9 Å². The predicted octanol–water partition coefficient (Wildman–Crippen LogP) is 4.69. The lowest BCUT2D eigenvalue weighted by molar-refractivity contribution is -0.105. The van der Waals surface area contributed by atoms with Crippen molar-refractivity contribution in [3.05, 3.63) is 53.7 Å². The Labute approximate surface area is 160 Å². The number of benzene rings is 1. The maximum Gasteiger partial charge on any atom is 0.398 e. The van der Waals surface area contributed by atoms with Crippen LogP contribution < -0.4 is 11.1 Å². The summed E-state index contributed by atoms with van der Waals surface area (Å²) in [6, 6.07) is 9.82. The molecule has 3 rings (SSSR count). The molecule has 0 aliphatic carbocycles. The highest BCUT2D eigenvalue weighted by atomic mass is 32.2. The van der Waals surface area contributed by atoms with Crippen LogP contribution in [0.25, 0.3) is 10.6 Å². The zero-order chi connectivity index (χ0) is 19.4. The summed E-state index contributed by atoms with van der Waals surface area (Å²) in [5.41, 5.74) is 6.85. The molecule has 2 heterocycles. The molecule has 1 aromatic carbocycles. The van der Waals surface area contributed by atoms with Crippen LogP contribution >= 0.6 is 23.1 Å². The van der Waals surface area contributed by atoms with Gasteiger partial charge in [0.05, 0.1) is 11.4 Å². The van der Waals surface area contributed by atoms with Crippen LogP contribution in [0, 0.1) is 0 Å². The quantitative estimate of drug-likeness (QED) is 0.596. The summed E-state index contributed by atoms with van der Waals surface area (Å²) in [6.07, 6.45) is -1.09. The van der Waals surface area contributed by atoms with Gasteiger partial charge in [-0.1, -0.05) is 12.1 Å². The van der Waals surface area contributed by atoms with Gasteiger partial charge in [0.2, 0.25) is 0 Å². The van der Waals surface area contributed by atoms with Crippen LogP contribution in [0.5, 0.6) is 0 Å². The Bertz CT molecular complexity index is 945. The molecular formula is C17H13F3N4OS2. The van der Waals surface area contributed by atoms with Gasteiger partial charge in [0.15, 0.2) is 0 Å². The maximum atomic E-state index is 12.6. The average Bonchev–Trinajstić information content (AvgIpc) is 3.03. The smallest absolute Gasteiger partial charge is 0.382 e.